The maximum absolute atomic E-state index is 11.3. The zero-order valence-corrected chi connectivity index (χ0v) is 8.75. The molecule has 15 heavy (non-hydrogen) atoms. The highest BCUT2D eigenvalue weighted by Gasteiger charge is 2.22. The van der Waals surface area contributed by atoms with Crippen molar-refractivity contribution in [1.82, 2.24) is 20.1 Å². The summed E-state index contributed by atoms with van der Waals surface area (Å²) in [5.41, 5.74) is -0.684. The van der Waals surface area contributed by atoms with Crippen LogP contribution < -0.4 is 16.7 Å². The van der Waals surface area contributed by atoms with E-state index in [1.165, 1.54) is 4.57 Å². The van der Waals surface area contributed by atoms with Crippen LogP contribution in [0.2, 0.25) is 0 Å². The summed E-state index contributed by atoms with van der Waals surface area (Å²) in [6.45, 7) is 4.58. The van der Waals surface area contributed by atoms with Crippen LogP contribution in [-0.2, 0) is 6.54 Å². The summed E-state index contributed by atoms with van der Waals surface area (Å²) in [5.74, 6) is 0.904. The minimum Gasteiger partial charge on any atom is -0.316 e. The van der Waals surface area contributed by atoms with E-state index in [9.17, 15) is 9.59 Å². The lowest BCUT2D eigenvalue weighted by molar-refractivity contribution is 0.240. The average Bonchev–Trinajstić information content (AvgIpc) is 2.53. The topological polar surface area (TPSA) is 82.7 Å². The predicted molar refractivity (Wildman–Crippen MR) is 55.8 cm³/mol. The number of nitrogens with one attached hydrogen (secondary N) is 3. The van der Waals surface area contributed by atoms with Crippen LogP contribution >= 0.6 is 0 Å². The molecule has 0 amide bonds. The van der Waals surface area contributed by atoms with Crippen molar-refractivity contribution in [2.75, 3.05) is 13.1 Å². The molecule has 3 N–H and O–H groups in total. The van der Waals surface area contributed by atoms with Crippen LogP contribution in [-0.4, -0.2) is 27.9 Å². The van der Waals surface area contributed by atoms with E-state index in [1.54, 1.807) is 0 Å². The molecule has 0 bridgehead atoms. The second kappa shape index (κ2) is 4.06. The fraction of sp³-hybridized carbons (Fsp3) is 0.778. The van der Waals surface area contributed by atoms with Gasteiger partial charge in [0.2, 0.25) is 0 Å². The third kappa shape index (κ3) is 2.04. The number of hydrogen-bond acceptors (Lipinski definition) is 3. The first-order valence-electron chi connectivity index (χ1n) is 5.26. The first-order valence-corrected chi connectivity index (χ1v) is 5.26. The molecule has 84 valence electrons. The zero-order valence-electron chi connectivity index (χ0n) is 8.75. The molecule has 2 unspecified atom stereocenters. The van der Waals surface area contributed by atoms with Crippen molar-refractivity contribution in [2.24, 2.45) is 11.8 Å². The van der Waals surface area contributed by atoms with Gasteiger partial charge in [-0.3, -0.25) is 0 Å². The molecule has 0 spiro atoms. The molecular formula is C9H16N4O2. The fourth-order valence-electron chi connectivity index (χ4n) is 2.07. The fourth-order valence-corrected chi connectivity index (χ4v) is 2.07. The van der Waals surface area contributed by atoms with Crippen LogP contribution in [0.3, 0.4) is 0 Å². The van der Waals surface area contributed by atoms with Gasteiger partial charge in [0.15, 0.2) is 0 Å². The van der Waals surface area contributed by atoms with Gasteiger partial charge < -0.3 is 5.32 Å². The molecule has 2 heterocycles. The van der Waals surface area contributed by atoms with Crippen molar-refractivity contribution in [3.63, 3.8) is 0 Å². The monoisotopic (exact) mass is 212 g/mol. The Morgan fingerprint density at radius 2 is 2.00 bits per heavy atom. The quantitative estimate of drug-likeness (QED) is 0.594. The molecule has 0 aliphatic carbocycles. The summed E-state index contributed by atoms with van der Waals surface area (Å²) < 4.78 is 1.24. The van der Waals surface area contributed by atoms with Gasteiger partial charge in [0.1, 0.15) is 0 Å². The van der Waals surface area contributed by atoms with Gasteiger partial charge in [0.25, 0.3) is 0 Å². The maximum atomic E-state index is 11.3. The summed E-state index contributed by atoms with van der Waals surface area (Å²) >= 11 is 0. The lowest BCUT2D eigenvalue weighted by Gasteiger charge is -2.29. The molecule has 0 aromatic carbocycles. The average molecular weight is 212 g/mol. The van der Waals surface area contributed by atoms with Crippen LogP contribution in [0.15, 0.2) is 9.59 Å². The summed E-state index contributed by atoms with van der Waals surface area (Å²) in [6.07, 6.45) is 1.01. The highest BCUT2D eigenvalue weighted by atomic mass is 16.2. The third-order valence-electron chi connectivity index (χ3n) is 3.15. The van der Waals surface area contributed by atoms with E-state index >= 15 is 0 Å². The molecule has 6 heteroatoms. The van der Waals surface area contributed by atoms with Gasteiger partial charge in [0.05, 0.1) is 0 Å². The molecule has 1 aromatic heterocycles. The lowest BCUT2D eigenvalue weighted by Crippen LogP contribution is -2.40. The van der Waals surface area contributed by atoms with Crippen molar-refractivity contribution in [3.05, 3.63) is 21.0 Å². The van der Waals surface area contributed by atoms with Crippen LogP contribution in [0.5, 0.6) is 0 Å². The Morgan fingerprint density at radius 1 is 1.33 bits per heavy atom. The smallest absolute Gasteiger partial charge is 0.316 e. The Balaban J connectivity index is 2.14. The molecule has 2 atom stereocenters. The lowest BCUT2D eigenvalue weighted by atomic mass is 9.88. The number of piperidine rings is 1. The largest absolute Gasteiger partial charge is 0.344 e. The number of aromatic nitrogens is 3. The summed E-state index contributed by atoms with van der Waals surface area (Å²) in [7, 11) is 0. The minimum atomic E-state index is -0.342. The Hall–Kier alpha value is -1.30. The number of hydrogen-bond donors (Lipinski definition) is 3. The van der Waals surface area contributed by atoms with Crippen molar-refractivity contribution in [3.8, 4) is 0 Å². The molecule has 2 rings (SSSR count). The zero-order chi connectivity index (χ0) is 10.8. The minimum absolute atomic E-state index is 0.342. The van der Waals surface area contributed by atoms with Gasteiger partial charge in [0, 0.05) is 6.54 Å². The van der Waals surface area contributed by atoms with Crippen molar-refractivity contribution in [2.45, 2.75) is 19.9 Å². The van der Waals surface area contributed by atoms with Crippen LogP contribution in [0.25, 0.3) is 0 Å². The number of nitrogens with zero attached hydrogens (tertiary/aromatic N) is 1. The van der Waals surface area contributed by atoms with E-state index in [0.717, 1.165) is 19.5 Å². The summed E-state index contributed by atoms with van der Waals surface area (Å²) in [6, 6.07) is 0. The highest BCUT2D eigenvalue weighted by molar-refractivity contribution is 4.77. The van der Waals surface area contributed by atoms with Gasteiger partial charge in [-0.2, -0.15) is 0 Å². The highest BCUT2D eigenvalue weighted by Crippen LogP contribution is 2.19. The van der Waals surface area contributed by atoms with Crippen molar-refractivity contribution < 1.29 is 0 Å². The molecule has 1 aliphatic heterocycles. The number of aromatic amines is 2. The summed E-state index contributed by atoms with van der Waals surface area (Å²) in [4.78, 5) is 22.6. The molecule has 6 nitrogen and oxygen atoms in total. The standard InChI is InChI=1S/C9H16N4O2/c1-6-4-10-3-2-7(6)5-13-8(14)11-12-9(13)15/h6-7,10H,2-5H2,1H3,(H,11,14)(H,12,15). The Labute approximate surface area is 86.7 Å². The van der Waals surface area contributed by atoms with Crippen LogP contribution in [0.4, 0.5) is 0 Å². The Morgan fingerprint density at radius 3 is 2.60 bits per heavy atom. The van der Waals surface area contributed by atoms with Gasteiger partial charge in [-0.1, -0.05) is 6.92 Å². The van der Waals surface area contributed by atoms with E-state index in [2.05, 4.69) is 22.4 Å². The molecular weight excluding hydrogens is 196 g/mol. The number of rotatable bonds is 2. The second-order valence-corrected chi connectivity index (χ2v) is 4.20. The molecule has 0 saturated carbocycles. The second-order valence-electron chi connectivity index (χ2n) is 4.20. The normalized spacial score (nSPS) is 26.7. The van der Waals surface area contributed by atoms with Crippen LogP contribution in [0.1, 0.15) is 13.3 Å². The van der Waals surface area contributed by atoms with Gasteiger partial charge in [-0.05, 0) is 31.3 Å². The predicted octanol–water partition coefficient (Wildman–Crippen LogP) is -0.890. The number of H-pyrrole nitrogens is 2. The maximum Gasteiger partial charge on any atom is 0.344 e. The molecule has 1 aromatic rings. The van der Waals surface area contributed by atoms with E-state index in [-0.39, 0.29) is 11.4 Å². The first kappa shape index (κ1) is 10.2. The summed E-state index contributed by atoms with van der Waals surface area (Å²) in [5, 5.41) is 7.88. The Kier molecular flexibility index (Phi) is 2.77. The molecule has 1 aliphatic rings. The molecule has 0 radical (unpaired) electrons. The SMILES string of the molecule is CC1CNCCC1Cn1c(=O)[nH][nH]c1=O. The van der Waals surface area contributed by atoms with Crippen molar-refractivity contribution >= 4 is 0 Å². The van der Waals surface area contributed by atoms with E-state index in [0.29, 0.717) is 18.4 Å². The van der Waals surface area contributed by atoms with Gasteiger partial charge >= 0.3 is 11.4 Å². The van der Waals surface area contributed by atoms with E-state index in [4.69, 9.17) is 0 Å². The molecule has 1 fully saturated rings. The Bertz CT molecular complexity index is 402. The molecule has 1 saturated heterocycles. The van der Waals surface area contributed by atoms with Gasteiger partial charge in [-0.15, -0.1) is 0 Å². The van der Waals surface area contributed by atoms with Gasteiger partial charge in [-0.25, -0.2) is 24.4 Å². The first-order chi connectivity index (χ1) is 7.18. The van der Waals surface area contributed by atoms with E-state index < -0.39 is 0 Å². The van der Waals surface area contributed by atoms with Crippen LogP contribution in [0, 0.1) is 11.8 Å². The van der Waals surface area contributed by atoms with Crippen molar-refractivity contribution in [1.29, 1.82) is 0 Å². The van der Waals surface area contributed by atoms with E-state index in [1.807, 2.05) is 0 Å². The third-order valence-corrected chi connectivity index (χ3v) is 3.15.